The van der Waals surface area contributed by atoms with Gasteiger partial charge in [-0.15, -0.1) is 0 Å². The van der Waals surface area contributed by atoms with Crippen molar-refractivity contribution in [2.24, 2.45) is 0 Å². The van der Waals surface area contributed by atoms with Crippen molar-refractivity contribution in [3.05, 3.63) is 29.8 Å². The number of benzene rings is 1. The first-order valence-electron chi connectivity index (χ1n) is 8.30. The Hall–Kier alpha value is -2.04. The molecular weight excluding hydrogens is 294 g/mol. The third-order valence-electron chi connectivity index (χ3n) is 3.86. The second-order valence-corrected chi connectivity index (χ2v) is 5.66. The standard InChI is InChI=1S/C18H25NO4/c1-3-14-5-9-16(10-6-14)23-13-17(20)19(15-7-8-15)12-11-18(21)22-4-2/h5-6,9-10,15H,3-4,7-8,11-13H2,1-2H3. The molecule has 1 fully saturated rings. The molecule has 0 radical (unpaired) electrons. The average molecular weight is 319 g/mol. The maximum absolute atomic E-state index is 12.3. The van der Waals surface area contributed by atoms with Gasteiger partial charge in [0.2, 0.25) is 0 Å². The summed E-state index contributed by atoms with van der Waals surface area (Å²) in [7, 11) is 0. The summed E-state index contributed by atoms with van der Waals surface area (Å²) < 4.78 is 10.5. The summed E-state index contributed by atoms with van der Waals surface area (Å²) >= 11 is 0. The van der Waals surface area contributed by atoms with Gasteiger partial charge in [-0.3, -0.25) is 9.59 Å². The number of aryl methyl sites for hydroxylation is 1. The van der Waals surface area contributed by atoms with Gasteiger partial charge in [0.1, 0.15) is 5.75 Å². The number of rotatable bonds is 9. The van der Waals surface area contributed by atoms with Crippen LogP contribution in [0.3, 0.4) is 0 Å². The first kappa shape index (κ1) is 17.3. The number of ether oxygens (including phenoxy) is 2. The Labute approximate surface area is 137 Å². The van der Waals surface area contributed by atoms with Gasteiger partial charge in [-0.05, 0) is 43.9 Å². The summed E-state index contributed by atoms with van der Waals surface area (Å²) in [5, 5.41) is 0. The van der Waals surface area contributed by atoms with Crippen LogP contribution in [0.25, 0.3) is 0 Å². The molecule has 0 atom stereocenters. The highest BCUT2D eigenvalue weighted by molar-refractivity contribution is 5.79. The molecule has 2 rings (SSSR count). The van der Waals surface area contributed by atoms with Crippen LogP contribution in [-0.4, -0.2) is 42.6 Å². The smallest absolute Gasteiger partial charge is 0.307 e. The van der Waals surface area contributed by atoms with E-state index in [0.717, 1.165) is 19.3 Å². The van der Waals surface area contributed by atoms with Gasteiger partial charge in [0, 0.05) is 12.6 Å². The van der Waals surface area contributed by atoms with Crippen LogP contribution in [0.15, 0.2) is 24.3 Å². The molecule has 0 aliphatic heterocycles. The van der Waals surface area contributed by atoms with Crippen molar-refractivity contribution >= 4 is 11.9 Å². The zero-order chi connectivity index (χ0) is 16.7. The van der Waals surface area contributed by atoms with E-state index in [-0.39, 0.29) is 30.9 Å². The van der Waals surface area contributed by atoms with Gasteiger partial charge < -0.3 is 14.4 Å². The van der Waals surface area contributed by atoms with E-state index in [2.05, 4.69) is 6.92 Å². The SMILES string of the molecule is CCOC(=O)CCN(C(=O)COc1ccc(CC)cc1)C1CC1. The quantitative estimate of drug-likeness (QED) is 0.657. The van der Waals surface area contributed by atoms with Gasteiger partial charge in [-0.2, -0.15) is 0 Å². The van der Waals surface area contributed by atoms with Crippen LogP contribution in [0.5, 0.6) is 5.75 Å². The minimum Gasteiger partial charge on any atom is -0.484 e. The number of carbonyl (C=O) groups excluding carboxylic acids is 2. The lowest BCUT2D eigenvalue weighted by Gasteiger charge is -2.22. The molecule has 1 amide bonds. The zero-order valence-corrected chi connectivity index (χ0v) is 13.9. The van der Waals surface area contributed by atoms with Crippen LogP contribution < -0.4 is 4.74 Å². The number of carbonyl (C=O) groups is 2. The lowest BCUT2D eigenvalue weighted by molar-refractivity contribution is -0.144. The van der Waals surface area contributed by atoms with Gasteiger partial charge in [0.15, 0.2) is 6.61 Å². The minimum absolute atomic E-state index is 0.00476. The Morgan fingerprint density at radius 2 is 1.87 bits per heavy atom. The van der Waals surface area contributed by atoms with E-state index in [9.17, 15) is 9.59 Å². The van der Waals surface area contributed by atoms with Crippen molar-refractivity contribution < 1.29 is 19.1 Å². The summed E-state index contributed by atoms with van der Waals surface area (Å²) in [6, 6.07) is 8.01. The molecule has 5 nitrogen and oxygen atoms in total. The van der Waals surface area contributed by atoms with E-state index >= 15 is 0 Å². The average Bonchev–Trinajstić information content (AvgIpc) is 3.38. The topological polar surface area (TPSA) is 55.8 Å². The van der Waals surface area contributed by atoms with E-state index in [4.69, 9.17) is 9.47 Å². The number of hydrogen-bond acceptors (Lipinski definition) is 4. The minimum atomic E-state index is -0.262. The highest BCUT2D eigenvalue weighted by atomic mass is 16.5. The molecule has 1 saturated carbocycles. The van der Waals surface area contributed by atoms with Gasteiger partial charge in [0.25, 0.3) is 5.91 Å². The number of amides is 1. The van der Waals surface area contributed by atoms with Crippen LogP contribution in [0, 0.1) is 0 Å². The number of hydrogen-bond donors (Lipinski definition) is 0. The van der Waals surface area contributed by atoms with Crippen molar-refractivity contribution in [2.75, 3.05) is 19.8 Å². The summed E-state index contributed by atoms with van der Waals surface area (Å²) in [6.07, 6.45) is 3.21. The van der Waals surface area contributed by atoms with E-state index in [0.29, 0.717) is 18.9 Å². The van der Waals surface area contributed by atoms with E-state index in [1.165, 1.54) is 5.56 Å². The van der Waals surface area contributed by atoms with Crippen molar-refractivity contribution in [1.82, 2.24) is 4.90 Å². The van der Waals surface area contributed by atoms with E-state index in [1.807, 2.05) is 24.3 Å². The highest BCUT2D eigenvalue weighted by Crippen LogP contribution is 2.27. The molecule has 0 aromatic heterocycles. The predicted molar refractivity (Wildman–Crippen MR) is 87.3 cm³/mol. The Balaban J connectivity index is 1.81. The monoisotopic (exact) mass is 319 g/mol. The van der Waals surface area contributed by atoms with Crippen LogP contribution in [0.4, 0.5) is 0 Å². The Morgan fingerprint density at radius 3 is 2.43 bits per heavy atom. The fraction of sp³-hybridized carbons (Fsp3) is 0.556. The van der Waals surface area contributed by atoms with Crippen molar-refractivity contribution in [3.8, 4) is 5.75 Å². The van der Waals surface area contributed by atoms with Gasteiger partial charge in [0.05, 0.1) is 13.0 Å². The van der Waals surface area contributed by atoms with E-state index in [1.54, 1.807) is 11.8 Å². The Bertz CT molecular complexity index is 522. The second kappa shape index (κ2) is 8.56. The molecule has 1 aromatic carbocycles. The maximum atomic E-state index is 12.3. The van der Waals surface area contributed by atoms with Gasteiger partial charge in [-0.25, -0.2) is 0 Å². The van der Waals surface area contributed by atoms with Crippen molar-refractivity contribution in [1.29, 1.82) is 0 Å². The summed E-state index contributed by atoms with van der Waals surface area (Å²) in [4.78, 5) is 25.5. The summed E-state index contributed by atoms with van der Waals surface area (Å²) in [5.41, 5.74) is 1.23. The zero-order valence-electron chi connectivity index (χ0n) is 13.9. The molecule has 0 N–H and O–H groups in total. The molecule has 1 aromatic rings. The molecule has 0 unspecified atom stereocenters. The van der Waals surface area contributed by atoms with Crippen LogP contribution in [0.2, 0.25) is 0 Å². The first-order chi connectivity index (χ1) is 11.1. The maximum Gasteiger partial charge on any atom is 0.307 e. The molecule has 0 saturated heterocycles. The lowest BCUT2D eigenvalue weighted by Crippen LogP contribution is -2.38. The lowest BCUT2D eigenvalue weighted by atomic mass is 10.2. The molecule has 23 heavy (non-hydrogen) atoms. The molecular formula is C18H25NO4. The third kappa shape index (κ3) is 5.58. The van der Waals surface area contributed by atoms with Crippen LogP contribution in [-0.2, 0) is 20.7 Å². The normalized spacial score (nSPS) is 13.5. The number of nitrogens with zero attached hydrogens (tertiary/aromatic N) is 1. The molecule has 0 spiro atoms. The summed E-state index contributed by atoms with van der Waals surface area (Å²) in [5.74, 6) is 0.357. The fourth-order valence-electron chi connectivity index (χ4n) is 2.39. The van der Waals surface area contributed by atoms with Crippen molar-refractivity contribution in [3.63, 3.8) is 0 Å². The second-order valence-electron chi connectivity index (χ2n) is 5.66. The Kier molecular flexibility index (Phi) is 6.44. The molecule has 1 aliphatic rings. The molecule has 1 aliphatic carbocycles. The molecule has 0 bridgehead atoms. The molecule has 126 valence electrons. The third-order valence-corrected chi connectivity index (χ3v) is 3.86. The van der Waals surface area contributed by atoms with E-state index < -0.39 is 0 Å². The molecule has 5 heteroatoms. The van der Waals surface area contributed by atoms with Crippen LogP contribution >= 0.6 is 0 Å². The van der Waals surface area contributed by atoms with Gasteiger partial charge >= 0.3 is 5.97 Å². The van der Waals surface area contributed by atoms with Gasteiger partial charge in [-0.1, -0.05) is 19.1 Å². The fourth-order valence-corrected chi connectivity index (χ4v) is 2.39. The largest absolute Gasteiger partial charge is 0.484 e. The predicted octanol–water partition coefficient (Wildman–Crippen LogP) is 2.57. The highest BCUT2D eigenvalue weighted by Gasteiger charge is 2.32. The summed E-state index contributed by atoms with van der Waals surface area (Å²) in [6.45, 7) is 4.65. The molecule has 0 heterocycles. The van der Waals surface area contributed by atoms with Crippen LogP contribution in [0.1, 0.15) is 38.7 Å². The first-order valence-corrected chi connectivity index (χ1v) is 8.30. The Morgan fingerprint density at radius 1 is 1.17 bits per heavy atom. The van der Waals surface area contributed by atoms with Crippen molar-refractivity contribution in [2.45, 2.75) is 45.6 Å². The number of esters is 1.